The zero-order valence-corrected chi connectivity index (χ0v) is 24.8. The Labute approximate surface area is 255 Å². The average molecular weight is 651 g/mol. The van der Waals surface area contributed by atoms with Gasteiger partial charge in [0.1, 0.15) is 60.0 Å². The number of rotatable bonds is 19. The highest BCUT2D eigenvalue weighted by Crippen LogP contribution is 2.45. The van der Waals surface area contributed by atoms with E-state index >= 15 is 8.78 Å². The third-order valence-electron chi connectivity index (χ3n) is 5.94. The molecule has 0 heterocycles. The van der Waals surface area contributed by atoms with Crippen LogP contribution in [0.4, 0.5) is 30.7 Å². The number of benzene rings is 3. The van der Waals surface area contributed by atoms with Gasteiger partial charge in [-0.05, 0) is 38.5 Å². The molecule has 7 nitrogen and oxygen atoms in total. The Balaban J connectivity index is 2.07. The van der Waals surface area contributed by atoms with Gasteiger partial charge < -0.3 is 33.2 Å². The predicted molar refractivity (Wildman–Crippen MR) is 149 cm³/mol. The molecule has 0 aromatic heterocycles. The first kappa shape index (κ1) is 35.7. The molecule has 3 aromatic carbocycles. The van der Waals surface area contributed by atoms with Crippen LogP contribution in [-0.4, -0.2) is 59.5 Å². The van der Waals surface area contributed by atoms with Crippen molar-refractivity contribution < 1.29 is 63.9 Å². The van der Waals surface area contributed by atoms with Gasteiger partial charge in [-0.3, -0.25) is 0 Å². The summed E-state index contributed by atoms with van der Waals surface area (Å²) in [6, 6.07) is 4.29. The van der Waals surface area contributed by atoms with Gasteiger partial charge in [0.25, 0.3) is 0 Å². The van der Waals surface area contributed by atoms with Crippen LogP contribution in [0.3, 0.4) is 0 Å². The number of halogens is 7. The van der Waals surface area contributed by atoms with Gasteiger partial charge in [0, 0.05) is 44.1 Å². The summed E-state index contributed by atoms with van der Waals surface area (Å²) in [6.45, 7) is 7.36. The van der Waals surface area contributed by atoms with E-state index in [2.05, 4.69) is 4.74 Å². The third-order valence-corrected chi connectivity index (χ3v) is 5.94. The fourth-order valence-corrected chi connectivity index (χ4v) is 4.02. The Kier molecular flexibility index (Phi) is 13.6. The maximum absolute atomic E-state index is 15.3. The average Bonchev–Trinajstić information content (AvgIpc) is 2.97. The van der Waals surface area contributed by atoms with E-state index in [-0.39, 0.29) is 80.1 Å². The zero-order valence-electron chi connectivity index (χ0n) is 24.8. The normalized spacial score (nSPS) is 11.5. The Bertz CT molecular complexity index is 1330. The molecule has 0 atom stereocenters. The lowest BCUT2D eigenvalue weighted by molar-refractivity contribution is -0.189. The van der Waals surface area contributed by atoms with Gasteiger partial charge >= 0.3 is 6.11 Å². The van der Waals surface area contributed by atoms with Gasteiger partial charge in [0.05, 0.1) is 25.4 Å². The minimum Gasteiger partial charge on any atom is -0.491 e. The van der Waals surface area contributed by atoms with Crippen LogP contribution in [0.15, 0.2) is 36.4 Å². The molecule has 3 rings (SSSR count). The molecule has 45 heavy (non-hydrogen) atoms. The standard InChI is InChI=1S/C31H33F7O7/c1-4-39-7-10-42-20-17-26(43-11-8-40-5-2)28(27(18-20)44-12-9-41-6-3)19-13-22(32)29(23(33)14-19)31(37,38)45-21-15-24(34)30(36)25(35)16-21/h13-18H,4-12H2,1-3H3. The van der Waals surface area contributed by atoms with Crippen LogP contribution in [0.5, 0.6) is 23.0 Å². The van der Waals surface area contributed by atoms with E-state index in [9.17, 15) is 22.0 Å². The molecule has 0 unspecified atom stereocenters. The predicted octanol–water partition coefficient (Wildman–Crippen LogP) is 7.42. The van der Waals surface area contributed by atoms with Crippen molar-refractivity contribution in [3.05, 3.63) is 71.0 Å². The van der Waals surface area contributed by atoms with Crippen LogP contribution in [0, 0.1) is 29.1 Å². The molecule has 0 fully saturated rings. The van der Waals surface area contributed by atoms with Crippen molar-refractivity contribution in [3.63, 3.8) is 0 Å². The van der Waals surface area contributed by atoms with Crippen molar-refractivity contribution >= 4 is 0 Å². The molecule has 248 valence electrons. The van der Waals surface area contributed by atoms with Crippen molar-refractivity contribution in [1.82, 2.24) is 0 Å². The maximum Gasteiger partial charge on any atom is 0.432 e. The minimum atomic E-state index is -4.77. The molecule has 0 saturated heterocycles. The summed E-state index contributed by atoms with van der Waals surface area (Å²) in [6.07, 6.45) is -4.77. The van der Waals surface area contributed by atoms with E-state index in [4.69, 9.17) is 28.4 Å². The molecule has 14 heteroatoms. The summed E-state index contributed by atoms with van der Waals surface area (Å²) in [5.74, 6) is -10.0. The van der Waals surface area contributed by atoms with Gasteiger partial charge in [-0.1, -0.05) is 0 Å². The Morgan fingerprint density at radius 2 is 0.978 bits per heavy atom. The van der Waals surface area contributed by atoms with Gasteiger partial charge in [-0.2, -0.15) is 8.78 Å². The molecular formula is C31H33F7O7. The fraction of sp³-hybridized carbons (Fsp3) is 0.419. The highest BCUT2D eigenvalue weighted by molar-refractivity contribution is 5.78. The summed E-state index contributed by atoms with van der Waals surface area (Å²) >= 11 is 0. The second-order valence-electron chi connectivity index (χ2n) is 9.07. The number of hydrogen-bond acceptors (Lipinski definition) is 7. The topological polar surface area (TPSA) is 64.6 Å². The number of alkyl halides is 2. The van der Waals surface area contributed by atoms with Crippen LogP contribution in [0.25, 0.3) is 11.1 Å². The molecular weight excluding hydrogens is 617 g/mol. The molecule has 0 spiro atoms. The first-order valence-electron chi connectivity index (χ1n) is 14.0. The highest BCUT2D eigenvalue weighted by atomic mass is 19.3. The van der Waals surface area contributed by atoms with E-state index in [1.54, 1.807) is 13.8 Å². The smallest absolute Gasteiger partial charge is 0.432 e. The number of hydrogen-bond donors (Lipinski definition) is 0. The first-order valence-corrected chi connectivity index (χ1v) is 14.0. The van der Waals surface area contributed by atoms with E-state index in [0.29, 0.717) is 32.0 Å². The zero-order chi connectivity index (χ0) is 33.0. The van der Waals surface area contributed by atoms with Crippen LogP contribution >= 0.6 is 0 Å². The van der Waals surface area contributed by atoms with Crippen LogP contribution in [-0.2, 0) is 20.3 Å². The van der Waals surface area contributed by atoms with E-state index in [1.165, 1.54) is 12.1 Å². The van der Waals surface area contributed by atoms with Crippen molar-refractivity contribution in [2.75, 3.05) is 59.5 Å². The SMILES string of the molecule is CCOCCOc1cc(OCCOCC)c(-c2cc(F)c(C(F)(F)Oc3cc(F)c(F)c(F)c3)c(F)c2)c(OCCOCC)c1. The summed E-state index contributed by atoms with van der Waals surface area (Å²) < 4.78 is 139. The van der Waals surface area contributed by atoms with Gasteiger partial charge in [-0.15, -0.1) is 0 Å². The van der Waals surface area contributed by atoms with Crippen molar-refractivity contribution in [1.29, 1.82) is 0 Å². The summed E-state index contributed by atoms with van der Waals surface area (Å²) in [7, 11) is 0. The molecule has 0 N–H and O–H groups in total. The van der Waals surface area contributed by atoms with E-state index < -0.39 is 46.5 Å². The van der Waals surface area contributed by atoms with E-state index in [1.807, 2.05) is 6.92 Å². The molecule has 0 bridgehead atoms. The maximum atomic E-state index is 15.3. The lowest BCUT2D eigenvalue weighted by atomic mass is 10.00. The summed E-state index contributed by atoms with van der Waals surface area (Å²) in [5.41, 5.74) is -2.12. The lowest BCUT2D eigenvalue weighted by Gasteiger charge is -2.22. The molecule has 0 aliphatic carbocycles. The quantitative estimate of drug-likeness (QED) is 0.0760. The van der Waals surface area contributed by atoms with Crippen molar-refractivity contribution in [2.24, 2.45) is 0 Å². The van der Waals surface area contributed by atoms with Gasteiger partial charge in [0.2, 0.25) is 0 Å². The van der Waals surface area contributed by atoms with Gasteiger partial charge in [0.15, 0.2) is 17.5 Å². The molecule has 3 aromatic rings. The van der Waals surface area contributed by atoms with E-state index in [0.717, 1.165) is 0 Å². The Morgan fingerprint density at radius 1 is 0.533 bits per heavy atom. The summed E-state index contributed by atoms with van der Waals surface area (Å²) in [4.78, 5) is 0. The lowest BCUT2D eigenvalue weighted by Crippen LogP contribution is -2.25. The van der Waals surface area contributed by atoms with Crippen LogP contribution in [0.1, 0.15) is 26.3 Å². The number of ether oxygens (including phenoxy) is 7. The fourth-order valence-electron chi connectivity index (χ4n) is 4.02. The first-order chi connectivity index (χ1) is 21.5. The van der Waals surface area contributed by atoms with Crippen molar-refractivity contribution in [2.45, 2.75) is 26.9 Å². The van der Waals surface area contributed by atoms with Crippen LogP contribution in [0.2, 0.25) is 0 Å². The van der Waals surface area contributed by atoms with Crippen molar-refractivity contribution in [3.8, 4) is 34.1 Å². The third kappa shape index (κ3) is 9.87. The minimum absolute atomic E-state index is 0.00136. The largest absolute Gasteiger partial charge is 0.491 e. The highest BCUT2D eigenvalue weighted by Gasteiger charge is 2.42. The van der Waals surface area contributed by atoms with Crippen LogP contribution < -0.4 is 18.9 Å². The van der Waals surface area contributed by atoms with Gasteiger partial charge in [-0.25, -0.2) is 22.0 Å². The second kappa shape index (κ2) is 17.1. The summed E-state index contributed by atoms with van der Waals surface area (Å²) in [5, 5.41) is 0. The monoisotopic (exact) mass is 650 g/mol. The Hall–Kier alpha value is -3.75. The molecule has 0 amide bonds. The second-order valence-corrected chi connectivity index (χ2v) is 9.07. The molecule has 0 aliphatic heterocycles. The molecule has 0 aliphatic rings. The Morgan fingerprint density at radius 3 is 1.42 bits per heavy atom. The molecule has 0 radical (unpaired) electrons. The molecule has 0 saturated carbocycles.